The average Bonchev–Trinajstić information content (AvgIpc) is 4.00. The molecule has 0 bridgehead atoms. The van der Waals surface area contributed by atoms with Crippen LogP contribution >= 0.6 is 0 Å². The first-order chi connectivity index (χ1) is 36.2. The molecular formula is C63H52N4OPt-2. The van der Waals surface area contributed by atoms with Crippen molar-refractivity contribution in [2.75, 3.05) is 0 Å². The number of pyridine rings is 1. The Morgan fingerprint density at radius 3 is 1.93 bits per heavy atom. The van der Waals surface area contributed by atoms with Gasteiger partial charge in [0.15, 0.2) is 0 Å². The van der Waals surface area contributed by atoms with Crippen molar-refractivity contribution >= 4 is 32.8 Å². The Kier molecular flexibility index (Phi) is 9.55. The molecular weight excluding hydrogens is 1020 g/mol. The molecule has 69 heavy (non-hydrogen) atoms. The van der Waals surface area contributed by atoms with Crippen molar-refractivity contribution in [3.63, 3.8) is 0 Å². The maximum absolute atomic E-state index is 8.64. The summed E-state index contributed by atoms with van der Waals surface area (Å²) < 4.78 is 80.3. The molecule has 0 spiro atoms. The summed E-state index contributed by atoms with van der Waals surface area (Å²) >= 11 is 0. The first kappa shape index (κ1) is 36.7. The number of ether oxygens (including phenoxy) is 1. The quantitative estimate of drug-likeness (QED) is 0.112. The van der Waals surface area contributed by atoms with Gasteiger partial charge in [-0.25, -0.2) is 4.98 Å². The van der Waals surface area contributed by atoms with Crippen molar-refractivity contribution in [1.82, 2.24) is 14.1 Å². The Morgan fingerprint density at radius 1 is 0.594 bits per heavy atom. The van der Waals surface area contributed by atoms with Gasteiger partial charge in [-0.3, -0.25) is 4.57 Å². The molecule has 11 aromatic rings. The van der Waals surface area contributed by atoms with E-state index >= 15 is 0 Å². The van der Waals surface area contributed by atoms with Crippen LogP contribution < -0.4 is 9.30 Å². The molecule has 0 amide bonds. The fraction of sp³-hybridized carbons (Fsp3) is 0.143. The molecule has 0 aliphatic heterocycles. The molecule has 8 aromatic carbocycles. The summed E-state index contributed by atoms with van der Waals surface area (Å²) in [6, 6.07) is 55.1. The van der Waals surface area contributed by atoms with E-state index in [4.69, 9.17) is 20.7 Å². The number of fused-ring (bicyclic) bond motifs is 4. The molecule has 0 fully saturated rings. The minimum absolute atomic E-state index is 0. The summed E-state index contributed by atoms with van der Waals surface area (Å²) in [6.07, 6.45) is 5.04. The SMILES string of the molecule is [2H]c1c([2H])c([2H])c(-c2cnc(-n3c4[c-]c(Oc5[c-]c(-n6[c-][n+](-c7c(-c8cccc(C(C)(C)C)c8)cccc7-c7cccc(C(C)(C)C)c7)c7ccccc76)ccc5)ccc4c4ccccc43)cc2C([2H])([2H])[2H])c([2H])c1[2H].[Pt]. The van der Waals surface area contributed by atoms with Crippen LogP contribution in [-0.4, -0.2) is 14.1 Å². The molecule has 5 nitrogen and oxygen atoms in total. The molecule has 0 saturated heterocycles. The summed E-state index contributed by atoms with van der Waals surface area (Å²) in [6.45, 7) is 10.7. The Hall–Kier alpha value is -7.33. The number of benzene rings is 8. The van der Waals surface area contributed by atoms with Gasteiger partial charge < -0.3 is 13.9 Å². The molecule has 0 N–H and O–H groups in total. The Balaban J connectivity index is 0.00000672. The zero-order valence-corrected chi connectivity index (χ0v) is 41.3. The normalized spacial score (nSPS) is 13.7. The smallest absolute Gasteiger partial charge is 0.268 e. The van der Waals surface area contributed by atoms with E-state index in [0.717, 1.165) is 55.3 Å². The summed E-state index contributed by atoms with van der Waals surface area (Å²) in [7, 11) is 0. The fourth-order valence-electron chi connectivity index (χ4n) is 9.03. The van der Waals surface area contributed by atoms with E-state index in [9.17, 15) is 0 Å². The summed E-state index contributed by atoms with van der Waals surface area (Å²) in [5, 5.41) is 1.66. The van der Waals surface area contributed by atoms with Crippen molar-refractivity contribution in [2.24, 2.45) is 0 Å². The van der Waals surface area contributed by atoms with Crippen LogP contribution in [0.15, 0.2) is 188 Å². The van der Waals surface area contributed by atoms with Gasteiger partial charge in [-0.05, 0) is 85.4 Å². The molecule has 11 rings (SSSR count). The molecule has 6 heteroatoms. The van der Waals surface area contributed by atoms with Crippen LogP contribution in [0.4, 0.5) is 0 Å². The van der Waals surface area contributed by atoms with Gasteiger partial charge >= 0.3 is 0 Å². The zero-order chi connectivity index (χ0) is 53.6. The predicted octanol–water partition coefficient (Wildman–Crippen LogP) is 15.5. The van der Waals surface area contributed by atoms with E-state index in [0.29, 0.717) is 22.7 Å². The van der Waals surface area contributed by atoms with E-state index in [1.54, 1.807) is 4.57 Å². The van der Waals surface area contributed by atoms with Crippen LogP contribution in [0.2, 0.25) is 0 Å². The van der Waals surface area contributed by atoms with E-state index < -0.39 is 37.1 Å². The zero-order valence-electron chi connectivity index (χ0n) is 47.0. The second-order valence-corrected chi connectivity index (χ2v) is 19.2. The van der Waals surface area contributed by atoms with Gasteiger partial charge in [-0.2, -0.15) is 18.2 Å². The minimum Gasteiger partial charge on any atom is -0.510 e. The molecule has 3 heterocycles. The fourth-order valence-corrected chi connectivity index (χ4v) is 9.03. The molecule has 0 aliphatic rings. The summed E-state index contributed by atoms with van der Waals surface area (Å²) in [5.41, 5.74) is 10.9. The Bertz CT molecular complexity index is 4020. The maximum Gasteiger partial charge on any atom is 0.268 e. The molecule has 3 aromatic heterocycles. The summed E-state index contributed by atoms with van der Waals surface area (Å²) in [5.74, 6) is 1.01. The second-order valence-electron chi connectivity index (χ2n) is 19.2. The Labute approximate surface area is 430 Å². The van der Waals surface area contributed by atoms with Crippen LogP contribution in [0, 0.1) is 25.3 Å². The molecule has 342 valence electrons. The molecule has 0 atom stereocenters. The monoisotopic (exact) mass is 1080 g/mol. The van der Waals surface area contributed by atoms with Crippen molar-refractivity contribution in [2.45, 2.75) is 59.2 Å². The van der Waals surface area contributed by atoms with Gasteiger partial charge in [0.05, 0.1) is 23.6 Å². The number of rotatable bonds is 8. The van der Waals surface area contributed by atoms with E-state index in [1.807, 2.05) is 71.3 Å². The van der Waals surface area contributed by atoms with Crippen molar-refractivity contribution in [3.8, 4) is 62.1 Å². The number of hydrogen-bond donors (Lipinski definition) is 0. The third-order valence-corrected chi connectivity index (χ3v) is 12.6. The van der Waals surface area contributed by atoms with Crippen molar-refractivity contribution in [3.05, 3.63) is 223 Å². The van der Waals surface area contributed by atoms with Crippen LogP contribution in [0.5, 0.6) is 11.5 Å². The molecule has 0 aliphatic carbocycles. The molecule has 0 saturated carbocycles. The number of aromatic nitrogens is 4. The second kappa shape index (κ2) is 18.0. The van der Waals surface area contributed by atoms with Gasteiger partial charge in [0, 0.05) is 54.0 Å². The average molecular weight is 1080 g/mol. The van der Waals surface area contributed by atoms with Crippen LogP contribution in [-0.2, 0) is 31.9 Å². The number of para-hydroxylation sites is 4. The topological polar surface area (TPSA) is 35.9 Å². The number of aryl methyl sites for hydroxylation is 1. The van der Waals surface area contributed by atoms with E-state index in [-0.39, 0.29) is 54.4 Å². The van der Waals surface area contributed by atoms with E-state index in [2.05, 4.69) is 143 Å². The minimum atomic E-state index is -2.75. The molecule has 0 unspecified atom stereocenters. The van der Waals surface area contributed by atoms with Crippen LogP contribution in [0.1, 0.15) is 69.2 Å². The number of imidazole rings is 1. The largest absolute Gasteiger partial charge is 0.510 e. The van der Waals surface area contributed by atoms with Crippen molar-refractivity contribution < 1.29 is 41.3 Å². The van der Waals surface area contributed by atoms with Gasteiger partial charge in [-0.1, -0.05) is 186 Å². The van der Waals surface area contributed by atoms with Gasteiger partial charge in [0.2, 0.25) is 0 Å². The van der Waals surface area contributed by atoms with E-state index in [1.165, 1.54) is 23.4 Å². The predicted molar refractivity (Wildman–Crippen MR) is 278 cm³/mol. The third-order valence-electron chi connectivity index (χ3n) is 12.6. The first-order valence-corrected chi connectivity index (χ1v) is 22.7. The summed E-state index contributed by atoms with van der Waals surface area (Å²) in [4.78, 5) is 4.72. The maximum atomic E-state index is 8.64. The van der Waals surface area contributed by atoms with Crippen molar-refractivity contribution in [1.29, 1.82) is 0 Å². The Morgan fingerprint density at radius 2 is 1.23 bits per heavy atom. The standard InChI is InChI=1S/C63H52N4O.Pt/c1-42-35-60(64-40-55(42)43-19-9-8-10-20-43)67-56-30-12-11-27-53(56)54-34-33-50(39-59(54)67)68-49-26-17-25-48(38-49)65-41-66(58-32-14-13-31-57(58)65)61-51(44-21-15-23-46(36-44)62(2,3)4)28-18-29-52(61)45-22-16-24-47(37-45)63(5,6)7;/h8-37,40H,1-7H3;/q-2;/i1D3,8D,9D,10D,19D,20D;. The first-order valence-electron chi connectivity index (χ1n) is 26.7. The van der Waals surface area contributed by atoms with Gasteiger partial charge in [-0.15, -0.1) is 29.7 Å². The van der Waals surface area contributed by atoms with Crippen LogP contribution in [0.3, 0.4) is 0 Å². The van der Waals surface area contributed by atoms with Gasteiger partial charge in [0.1, 0.15) is 5.82 Å². The number of hydrogen-bond acceptors (Lipinski definition) is 2. The molecule has 0 radical (unpaired) electrons. The number of nitrogens with zero attached hydrogens (tertiary/aromatic N) is 4. The van der Waals surface area contributed by atoms with Crippen LogP contribution in [0.25, 0.3) is 83.4 Å². The third kappa shape index (κ3) is 8.51. The van der Waals surface area contributed by atoms with Gasteiger partial charge in [0.25, 0.3) is 6.33 Å².